The smallest absolute Gasteiger partial charge is 0.244 e. The van der Waals surface area contributed by atoms with Crippen molar-refractivity contribution in [1.82, 2.24) is 5.32 Å². The van der Waals surface area contributed by atoms with Crippen LogP contribution >= 0.6 is 11.6 Å². The summed E-state index contributed by atoms with van der Waals surface area (Å²) >= 11 is 5.62. The van der Waals surface area contributed by atoms with Gasteiger partial charge in [-0.05, 0) is 30.2 Å². The Morgan fingerprint density at radius 1 is 1.58 bits per heavy atom. The van der Waals surface area contributed by atoms with E-state index in [0.29, 0.717) is 12.0 Å². The Balaban J connectivity index is 2.47. The van der Waals surface area contributed by atoms with Gasteiger partial charge < -0.3 is 10.4 Å². The molecule has 2 N–H and O–H groups in total. The average molecular weight is 286 g/mol. The number of aliphatic hydroxyl groups is 1. The Labute approximate surface area is 117 Å². The molecule has 0 aliphatic rings. The number of hydrogen-bond acceptors (Lipinski definition) is 2. The molecule has 1 aromatic carbocycles. The SMILES string of the molecule is CCCC(O)CNC(=O)/C=C/c1ccc(F)c(Cl)c1. The second-order valence-electron chi connectivity index (χ2n) is 4.19. The second-order valence-corrected chi connectivity index (χ2v) is 4.60. The van der Waals surface area contributed by atoms with Gasteiger partial charge in [-0.25, -0.2) is 4.39 Å². The molecular formula is C14H17ClFNO2. The minimum absolute atomic E-state index is 0.0147. The first-order valence-corrected chi connectivity index (χ1v) is 6.49. The lowest BCUT2D eigenvalue weighted by Crippen LogP contribution is -2.30. The molecule has 0 saturated heterocycles. The Morgan fingerprint density at radius 2 is 2.32 bits per heavy atom. The molecule has 19 heavy (non-hydrogen) atoms. The first-order valence-electron chi connectivity index (χ1n) is 6.12. The lowest BCUT2D eigenvalue weighted by molar-refractivity contribution is -0.116. The number of benzene rings is 1. The maximum Gasteiger partial charge on any atom is 0.244 e. The molecule has 0 fully saturated rings. The van der Waals surface area contributed by atoms with Crippen LogP contribution in [0.4, 0.5) is 4.39 Å². The summed E-state index contributed by atoms with van der Waals surface area (Å²) in [5, 5.41) is 12.0. The third-order valence-electron chi connectivity index (χ3n) is 2.50. The molecule has 1 rings (SSSR count). The highest BCUT2D eigenvalue weighted by molar-refractivity contribution is 6.30. The summed E-state index contributed by atoms with van der Waals surface area (Å²) in [6.45, 7) is 2.18. The van der Waals surface area contributed by atoms with E-state index >= 15 is 0 Å². The Kier molecular flexibility index (Phi) is 6.53. The van der Waals surface area contributed by atoms with Crippen LogP contribution in [0.15, 0.2) is 24.3 Å². The minimum atomic E-state index is -0.525. The van der Waals surface area contributed by atoms with E-state index in [1.807, 2.05) is 6.92 Å². The molecule has 0 aromatic heterocycles. The van der Waals surface area contributed by atoms with Crippen molar-refractivity contribution < 1.29 is 14.3 Å². The zero-order chi connectivity index (χ0) is 14.3. The van der Waals surface area contributed by atoms with Gasteiger partial charge in [0, 0.05) is 12.6 Å². The van der Waals surface area contributed by atoms with Gasteiger partial charge in [-0.2, -0.15) is 0 Å². The summed E-state index contributed by atoms with van der Waals surface area (Å²) in [4.78, 5) is 11.5. The fraction of sp³-hybridized carbons (Fsp3) is 0.357. The number of amides is 1. The van der Waals surface area contributed by atoms with Crippen LogP contribution in [-0.2, 0) is 4.79 Å². The van der Waals surface area contributed by atoms with E-state index in [1.54, 1.807) is 0 Å². The highest BCUT2D eigenvalue weighted by atomic mass is 35.5. The summed E-state index contributed by atoms with van der Waals surface area (Å²) in [5.74, 6) is -0.804. The van der Waals surface area contributed by atoms with Crippen LogP contribution in [0.1, 0.15) is 25.3 Å². The minimum Gasteiger partial charge on any atom is -0.391 e. The van der Waals surface area contributed by atoms with Gasteiger partial charge in [0.25, 0.3) is 0 Å². The lowest BCUT2D eigenvalue weighted by Gasteiger charge is -2.08. The Bertz CT molecular complexity index is 463. The van der Waals surface area contributed by atoms with Gasteiger partial charge in [-0.15, -0.1) is 0 Å². The Morgan fingerprint density at radius 3 is 2.95 bits per heavy atom. The van der Waals surface area contributed by atoms with E-state index in [0.717, 1.165) is 6.42 Å². The van der Waals surface area contributed by atoms with Crippen LogP contribution in [0.25, 0.3) is 6.08 Å². The van der Waals surface area contributed by atoms with Gasteiger partial charge in [0.05, 0.1) is 11.1 Å². The monoisotopic (exact) mass is 285 g/mol. The summed E-state index contributed by atoms with van der Waals surface area (Å²) in [6, 6.07) is 4.20. The van der Waals surface area contributed by atoms with Crippen molar-refractivity contribution in [3.05, 3.63) is 40.7 Å². The number of rotatable bonds is 6. The number of hydrogen-bond donors (Lipinski definition) is 2. The summed E-state index contributed by atoms with van der Waals surface area (Å²) < 4.78 is 12.9. The fourth-order valence-electron chi connectivity index (χ4n) is 1.50. The molecule has 0 aliphatic heterocycles. The van der Waals surface area contributed by atoms with Crippen LogP contribution in [0.2, 0.25) is 5.02 Å². The topological polar surface area (TPSA) is 49.3 Å². The van der Waals surface area contributed by atoms with E-state index in [2.05, 4.69) is 5.32 Å². The van der Waals surface area contributed by atoms with Crippen molar-refractivity contribution in [2.75, 3.05) is 6.54 Å². The molecule has 1 unspecified atom stereocenters. The van der Waals surface area contributed by atoms with Crippen molar-refractivity contribution in [3.63, 3.8) is 0 Å². The van der Waals surface area contributed by atoms with Gasteiger partial charge >= 0.3 is 0 Å². The molecule has 1 amide bonds. The van der Waals surface area contributed by atoms with Gasteiger partial charge in [0.2, 0.25) is 5.91 Å². The van der Waals surface area contributed by atoms with E-state index in [1.165, 1.54) is 30.4 Å². The van der Waals surface area contributed by atoms with E-state index < -0.39 is 11.9 Å². The molecule has 5 heteroatoms. The van der Waals surface area contributed by atoms with Crippen LogP contribution in [0.5, 0.6) is 0 Å². The molecule has 1 aromatic rings. The number of carbonyl (C=O) groups excluding carboxylic acids is 1. The number of halogens is 2. The first kappa shape index (κ1) is 15.7. The van der Waals surface area contributed by atoms with Crippen LogP contribution in [-0.4, -0.2) is 23.7 Å². The normalized spacial score (nSPS) is 12.6. The predicted octanol–water partition coefficient (Wildman–Crippen LogP) is 2.77. The third-order valence-corrected chi connectivity index (χ3v) is 2.79. The number of nitrogens with one attached hydrogen (secondary N) is 1. The quantitative estimate of drug-likeness (QED) is 0.790. The largest absolute Gasteiger partial charge is 0.391 e. The first-order chi connectivity index (χ1) is 9.02. The van der Waals surface area contributed by atoms with Gasteiger partial charge in [-0.3, -0.25) is 4.79 Å². The van der Waals surface area contributed by atoms with Gasteiger partial charge in [0.15, 0.2) is 0 Å². The van der Waals surface area contributed by atoms with E-state index in [9.17, 15) is 14.3 Å². The molecule has 0 heterocycles. The van der Waals surface area contributed by atoms with Crippen molar-refractivity contribution in [1.29, 1.82) is 0 Å². The van der Waals surface area contributed by atoms with Crippen LogP contribution < -0.4 is 5.32 Å². The fourth-order valence-corrected chi connectivity index (χ4v) is 1.69. The molecule has 1 atom stereocenters. The zero-order valence-corrected chi connectivity index (χ0v) is 11.5. The van der Waals surface area contributed by atoms with Crippen molar-refractivity contribution >= 4 is 23.6 Å². The standard InChI is InChI=1S/C14H17ClFNO2/c1-2-3-11(18)9-17-14(19)7-5-10-4-6-13(16)12(15)8-10/h4-8,11,18H,2-3,9H2,1H3,(H,17,19)/b7-5+. The van der Waals surface area contributed by atoms with Crippen LogP contribution in [0, 0.1) is 5.82 Å². The molecule has 0 bridgehead atoms. The summed E-state index contributed by atoms with van der Waals surface area (Å²) in [6.07, 6.45) is 3.84. The molecule has 0 spiro atoms. The molecule has 0 saturated carbocycles. The maximum absolute atomic E-state index is 12.9. The highest BCUT2D eigenvalue weighted by Gasteiger charge is 2.04. The predicted molar refractivity (Wildman–Crippen MR) is 74.4 cm³/mol. The zero-order valence-electron chi connectivity index (χ0n) is 10.7. The van der Waals surface area contributed by atoms with Gasteiger partial charge in [0.1, 0.15) is 5.82 Å². The molecule has 104 valence electrons. The van der Waals surface area contributed by atoms with Crippen molar-refractivity contribution in [2.45, 2.75) is 25.9 Å². The molecule has 3 nitrogen and oxygen atoms in total. The molecule has 0 aliphatic carbocycles. The molecule has 0 radical (unpaired) electrons. The van der Waals surface area contributed by atoms with E-state index in [4.69, 9.17) is 11.6 Å². The second kappa shape index (κ2) is 7.92. The Hall–Kier alpha value is -1.39. The van der Waals surface area contributed by atoms with Crippen molar-refractivity contribution in [3.8, 4) is 0 Å². The summed E-state index contributed by atoms with van der Waals surface area (Å²) in [5.41, 5.74) is 0.635. The lowest BCUT2D eigenvalue weighted by atomic mass is 10.2. The van der Waals surface area contributed by atoms with Crippen molar-refractivity contribution in [2.24, 2.45) is 0 Å². The van der Waals surface area contributed by atoms with Gasteiger partial charge in [-0.1, -0.05) is 31.0 Å². The molecular weight excluding hydrogens is 269 g/mol. The number of aliphatic hydroxyl groups excluding tert-OH is 1. The maximum atomic E-state index is 12.9. The number of carbonyl (C=O) groups is 1. The average Bonchev–Trinajstić information content (AvgIpc) is 2.38. The summed E-state index contributed by atoms with van der Waals surface area (Å²) in [7, 11) is 0. The van der Waals surface area contributed by atoms with E-state index in [-0.39, 0.29) is 17.5 Å². The third kappa shape index (κ3) is 5.85. The van der Waals surface area contributed by atoms with Crippen LogP contribution in [0.3, 0.4) is 0 Å². The highest BCUT2D eigenvalue weighted by Crippen LogP contribution is 2.16.